The zero-order valence-corrected chi connectivity index (χ0v) is 13.3. The van der Waals surface area contributed by atoms with E-state index >= 15 is 0 Å². The fourth-order valence-corrected chi connectivity index (χ4v) is 3.81. The van der Waals surface area contributed by atoms with Crippen molar-refractivity contribution in [3.8, 4) is 0 Å². The van der Waals surface area contributed by atoms with Crippen molar-refractivity contribution in [1.29, 1.82) is 0 Å². The van der Waals surface area contributed by atoms with E-state index in [1.54, 1.807) is 0 Å². The van der Waals surface area contributed by atoms with Crippen LogP contribution < -0.4 is 4.72 Å². The summed E-state index contributed by atoms with van der Waals surface area (Å²) in [5.41, 5.74) is 0.567. The number of hydrogen-bond acceptors (Lipinski definition) is 4. The van der Waals surface area contributed by atoms with Crippen LogP contribution in [0.5, 0.6) is 0 Å². The van der Waals surface area contributed by atoms with Crippen molar-refractivity contribution < 1.29 is 12.8 Å². The van der Waals surface area contributed by atoms with E-state index in [1.807, 2.05) is 0 Å². The van der Waals surface area contributed by atoms with Crippen LogP contribution in [0, 0.1) is 19.7 Å². The predicted molar refractivity (Wildman–Crippen MR) is 78.7 cm³/mol. The molecule has 0 aliphatic carbocycles. The molecule has 0 aliphatic rings. The Labute approximate surface area is 131 Å². The van der Waals surface area contributed by atoms with Crippen LogP contribution in [0.25, 0.3) is 0 Å². The largest absolute Gasteiger partial charge is 0.263 e. The number of rotatable bonds is 3. The van der Waals surface area contributed by atoms with Gasteiger partial charge in [0.25, 0.3) is 10.0 Å². The van der Waals surface area contributed by atoms with Crippen LogP contribution >= 0.6 is 23.2 Å². The molecule has 0 saturated carbocycles. The lowest BCUT2D eigenvalue weighted by Gasteiger charge is -2.12. The minimum absolute atomic E-state index is 0.000231. The Balaban J connectivity index is 2.48. The molecule has 5 nitrogen and oxygen atoms in total. The van der Waals surface area contributed by atoms with Crippen LogP contribution in [0.15, 0.2) is 23.1 Å². The van der Waals surface area contributed by atoms with Gasteiger partial charge in [-0.1, -0.05) is 11.6 Å². The summed E-state index contributed by atoms with van der Waals surface area (Å²) in [6.07, 6.45) is 0. The van der Waals surface area contributed by atoms with Gasteiger partial charge in [0.15, 0.2) is 0 Å². The minimum atomic E-state index is -3.95. The van der Waals surface area contributed by atoms with Crippen LogP contribution in [0.2, 0.25) is 10.4 Å². The first-order chi connectivity index (χ1) is 9.69. The van der Waals surface area contributed by atoms with Crippen molar-refractivity contribution in [1.82, 2.24) is 9.97 Å². The first-order valence-electron chi connectivity index (χ1n) is 5.69. The van der Waals surface area contributed by atoms with Gasteiger partial charge in [0.2, 0.25) is 5.28 Å². The Morgan fingerprint density at radius 1 is 1.10 bits per heavy atom. The number of aryl methyl sites for hydroxylation is 2. The van der Waals surface area contributed by atoms with E-state index in [2.05, 4.69) is 14.7 Å². The van der Waals surface area contributed by atoms with Gasteiger partial charge < -0.3 is 0 Å². The van der Waals surface area contributed by atoms with E-state index in [1.165, 1.54) is 19.9 Å². The first kappa shape index (κ1) is 15.9. The normalized spacial score (nSPS) is 11.5. The number of sulfonamides is 1. The third-order valence-corrected chi connectivity index (χ3v) is 4.62. The summed E-state index contributed by atoms with van der Waals surface area (Å²) in [5.74, 6) is -0.569. The molecule has 1 heterocycles. The minimum Gasteiger partial charge on any atom is -0.263 e. The fourth-order valence-electron chi connectivity index (χ4n) is 1.95. The molecule has 0 radical (unpaired) electrons. The molecule has 1 aromatic heterocycles. The van der Waals surface area contributed by atoms with Gasteiger partial charge >= 0.3 is 0 Å². The SMILES string of the molecule is Cc1cc(F)cc(C)c1S(=O)(=O)Nc1cc(Cl)nc(Cl)n1. The van der Waals surface area contributed by atoms with Crippen LogP contribution in [0.4, 0.5) is 10.2 Å². The van der Waals surface area contributed by atoms with Crippen LogP contribution in [-0.2, 0) is 10.0 Å². The first-order valence-corrected chi connectivity index (χ1v) is 7.92. The monoisotopic (exact) mass is 349 g/mol. The summed E-state index contributed by atoms with van der Waals surface area (Å²) >= 11 is 11.3. The molecular weight excluding hydrogens is 340 g/mol. The van der Waals surface area contributed by atoms with E-state index in [0.29, 0.717) is 0 Å². The van der Waals surface area contributed by atoms with Gasteiger partial charge in [-0.25, -0.2) is 17.8 Å². The topological polar surface area (TPSA) is 72.0 Å². The molecule has 112 valence electrons. The van der Waals surface area contributed by atoms with Gasteiger partial charge in [0.1, 0.15) is 16.8 Å². The second kappa shape index (κ2) is 5.75. The zero-order valence-electron chi connectivity index (χ0n) is 11.0. The lowest BCUT2D eigenvalue weighted by Crippen LogP contribution is -2.17. The Morgan fingerprint density at radius 3 is 2.19 bits per heavy atom. The van der Waals surface area contributed by atoms with Crippen molar-refractivity contribution in [2.24, 2.45) is 0 Å². The van der Waals surface area contributed by atoms with Crippen molar-refractivity contribution in [2.75, 3.05) is 4.72 Å². The van der Waals surface area contributed by atoms with Gasteiger partial charge in [-0.05, 0) is 48.7 Å². The van der Waals surface area contributed by atoms with Gasteiger partial charge in [-0.15, -0.1) is 0 Å². The average Bonchev–Trinajstić information content (AvgIpc) is 2.23. The Morgan fingerprint density at radius 2 is 1.67 bits per heavy atom. The van der Waals surface area contributed by atoms with Crippen molar-refractivity contribution in [3.63, 3.8) is 0 Å². The summed E-state index contributed by atoms with van der Waals surface area (Å²) < 4.78 is 40.3. The summed E-state index contributed by atoms with van der Waals surface area (Å²) in [6.45, 7) is 3.01. The molecule has 1 aromatic carbocycles. The van der Waals surface area contributed by atoms with E-state index in [4.69, 9.17) is 23.2 Å². The standard InChI is InChI=1S/C12H10Cl2FN3O2S/c1-6-3-8(15)4-7(2)11(6)21(19,20)18-10-5-9(13)16-12(14)17-10/h3-5H,1-2H3,(H,16,17,18). The van der Waals surface area contributed by atoms with Crippen molar-refractivity contribution >= 4 is 39.0 Å². The summed E-state index contributed by atoms with van der Waals surface area (Å²) in [5, 5.41) is -0.187. The molecule has 1 N–H and O–H groups in total. The highest BCUT2D eigenvalue weighted by molar-refractivity contribution is 7.92. The van der Waals surface area contributed by atoms with Crippen molar-refractivity contribution in [3.05, 3.63) is 45.6 Å². The molecule has 0 aliphatic heterocycles. The molecule has 21 heavy (non-hydrogen) atoms. The molecule has 0 bridgehead atoms. The zero-order chi connectivity index (χ0) is 15.8. The van der Waals surface area contributed by atoms with E-state index < -0.39 is 15.8 Å². The quantitative estimate of drug-likeness (QED) is 0.681. The fraction of sp³-hybridized carbons (Fsp3) is 0.167. The van der Waals surface area contributed by atoms with Gasteiger partial charge in [-0.3, -0.25) is 4.72 Å². The highest BCUT2D eigenvalue weighted by Crippen LogP contribution is 2.24. The van der Waals surface area contributed by atoms with Crippen LogP contribution in [-0.4, -0.2) is 18.4 Å². The number of anilines is 1. The highest BCUT2D eigenvalue weighted by atomic mass is 35.5. The van der Waals surface area contributed by atoms with E-state index in [-0.39, 0.29) is 32.3 Å². The number of hydrogen-bond donors (Lipinski definition) is 1. The maximum Gasteiger partial charge on any atom is 0.263 e. The molecule has 9 heteroatoms. The molecule has 2 aromatic rings. The Bertz CT molecular complexity index is 769. The number of benzene rings is 1. The lowest BCUT2D eigenvalue weighted by atomic mass is 10.1. The Hall–Kier alpha value is -1.44. The summed E-state index contributed by atoms with van der Waals surface area (Å²) in [4.78, 5) is 7.33. The van der Waals surface area contributed by atoms with Gasteiger partial charge in [0.05, 0.1) is 4.90 Å². The van der Waals surface area contributed by atoms with E-state index in [9.17, 15) is 12.8 Å². The average molecular weight is 350 g/mol. The Kier molecular flexibility index (Phi) is 4.36. The molecule has 0 atom stereocenters. The van der Waals surface area contributed by atoms with Crippen molar-refractivity contribution in [2.45, 2.75) is 18.7 Å². The molecule has 0 saturated heterocycles. The smallest absolute Gasteiger partial charge is 0.263 e. The molecular formula is C12H10Cl2FN3O2S. The molecule has 0 fully saturated rings. The van der Waals surface area contributed by atoms with Crippen LogP contribution in [0.3, 0.4) is 0 Å². The second-order valence-corrected chi connectivity index (χ2v) is 6.66. The number of halogens is 3. The second-order valence-electron chi connectivity index (χ2n) is 4.32. The molecule has 2 rings (SSSR count). The number of aromatic nitrogens is 2. The maximum absolute atomic E-state index is 13.3. The highest BCUT2D eigenvalue weighted by Gasteiger charge is 2.21. The van der Waals surface area contributed by atoms with Gasteiger partial charge in [-0.2, -0.15) is 4.98 Å². The third-order valence-electron chi connectivity index (χ3n) is 2.60. The maximum atomic E-state index is 13.3. The number of nitrogens with zero attached hydrogens (tertiary/aromatic N) is 2. The third kappa shape index (κ3) is 3.61. The molecule has 0 amide bonds. The summed E-state index contributed by atoms with van der Waals surface area (Å²) in [6, 6.07) is 3.50. The lowest BCUT2D eigenvalue weighted by molar-refractivity contribution is 0.597. The van der Waals surface area contributed by atoms with Crippen LogP contribution in [0.1, 0.15) is 11.1 Å². The molecule has 0 spiro atoms. The predicted octanol–water partition coefficient (Wildman–Crippen LogP) is 3.34. The van der Waals surface area contributed by atoms with Gasteiger partial charge in [0, 0.05) is 6.07 Å². The number of nitrogens with one attached hydrogen (secondary N) is 1. The molecule has 0 unspecified atom stereocenters. The van der Waals surface area contributed by atoms with E-state index in [0.717, 1.165) is 12.1 Å². The summed E-state index contributed by atoms with van der Waals surface area (Å²) in [7, 11) is -3.95.